The van der Waals surface area contributed by atoms with E-state index in [0.717, 1.165) is 59.0 Å². The molecule has 0 N–H and O–H groups in total. The second-order valence-electron chi connectivity index (χ2n) is 15.8. The predicted octanol–water partition coefficient (Wildman–Crippen LogP) is 25.3. The van der Waals surface area contributed by atoms with Crippen molar-refractivity contribution in [1.82, 2.24) is 0 Å². The molecule has 0 saturated carbocycles. The molecule has 4 heteroatoms. The van der Waals surface area contributed by atoms with Crippen LogP contribution in [0.1, 0.15) is 161 Å². The number of hydrogen-bond donors (Lipinski definition) is 0. The molecule has 0 nitrogen and oxygen atoms in total. The van der Waals surface area contributed by atoms with Crippen LogP contribution in [-0.4, -0.2) is 0 Å². The summed E-state index contributed by atoms with van der Waals surface area (Å²) in [6, 6.07) is 88.4. The van der Waals surface area contributed by atoms with Gasteiger partial charge in [0.1, 0.15) is 0 Å². The number of benzene rings is 10. The van der Waals surface area contributed by atoms with E-state index in [1.165, 1.54) is 87.3 Å². The van der Waals surface area contributed by atoms with Crippen LogP contribution in [0, 0.1) is 0 Å². The summed E-state index contributed by atoms with van der Waals surface area (Å²) in [5.74, 6) is 0. The molecule has 4 unspecified atom stereocenters. The minimum absolute atomic E-state index is 0.748. The molecule has 0 aliphatic rings. The Bertz CT molecular complexity index is 2830. The largest absolute Gasteiger partial charge is 0.0859 e. The Kier molecular flexibility index (Phi) is 53.0. The van der Waals surface area contributed by atoms with Crippen molar-refractivity contribution in [2.24, 2.45) is 0 Å². The van der Waals surface area contributed by atoms with Crippen LogP contribution in [0.15, 0.2) is 243 Å². The topological polar surface area (TPSA) is 0 Å². The third-order valence-corrected chi connectivity index (χ3v) is 16.8. The first-order chi connectivity index (χ1) is 41.8. The Hall–Kier alpha value is -5.56. The Morgan fingerprint density at radius 1 is 0.190 bits per heavy atom. The van der Waals surface area contributed by atoms with Crippen LogP contribution >= 0.6 is 34.3 Å². The van der Waals surface area contributed by atoms with Crippen LogP contribution in [0.3, 0.4) is 0 Å². The first-order valence-electron chi connectivity index (χ1n) is 32.1. The van der Waals surface area contributed by atoms with Crippen molar-refractivity contribution in [3.63, 3.8) is 0 Å². The van der Waals surface area contributed by atoms with Crippen molar-refractivity contribution < 1.29 is 0 Å². The zero-order valence-electron chi connectivity index (χ0n) is 55.9. The highest BCUT2D eigenvalue weighted by atomic mass is 31.1. The highest BCUT2D eigenvalue weighted by Crippen LogP contribution is 2.42. The molecular formula is C80H112P4. The first kappa shape index (κ1) is 80.5. The molecule has 10 aromatic carbocycles. The number of fused-ring (bicyclic) bond motifs is 2. The second kappa shape index (κ2) is 55.3. The van der Waals surface area contributed by atoms with E-state index in [-0.39, 0.29) is 0 Å². The van der Waals surface area contributed by atoms with Gasteiger partial charge in [-0.3, -0.25) is 0 Å². The standard InChI is InChI=1S/C34H28P2.C26H24P2.10C2H6/c1-3-13-29(14-4-1)35-23-27-21-19-25-11-7-9-17-31(25)33(27)34-28(24-36-30-15-5-2-6-16-30)22-20-26-12-8-10-18-32(26)34;1-3-13-23(14-4-1)27-19-21-11-7-9-17-25(21)26-18-10-8-12-22(26)20-28-24-15-5-2-6-16-24;10*1-2/h1-22,35-36H,23-24H2;1-18,27-28H,19-20H2;10*1-2H3. The molecular weight excluding hydrogens is 1080 g/mol. The van der Waals surface area contributed by atoms with Gasteiger partial charge in [-0.25, -0.2) is 0 Å². The van der Waals surface area contributed by atoms with Gasteiger partial charge in [0, 0.05) is 0 Å². The van der Waals surface area contributed by atoms with Crippen LogP contribution < -0.4 is 21.2 Å². The summed E-state index contributed by atoms with van der Waals surface area (Å²) in [6.07, 6.45) is 4.28. The fourth-order valence-corrected chi connectivity index (χ4v) is 12.9. The third-order valence-electron chi connectivity index (χ3n) is 11.6. The molecule has 0 aromatic heterocycles. The molecule has 10 rings (SSSR count). The smallest absolute Gasteiger partial charge is 0.00538 e. The van der Waals surface area contributed by atoms with Gasteiger partial charge in [-0.15, -0.1) is 0 Å². The van der Waals surface area contributed by atoms with E-state index in [0.29, 0.717) is 0 Å². The lowest BCUT2D eigenvalue weighted by Crippen LogP contribution is -1.99. The molecule has 0 radical (unpaired) electrons. The first-order valence-corrected chi connectivity index (χ1v) is 36.9. The van der Waals surface area contributed by atoms with Crippen LogP contribution in [0.25, 0.3) is 43.8 Å². The number of rotatable bonds is 14. The summed E-state index contributed by atoms with van der Waals surface area (Å²) in [6.45, 7) is 40.0. The van der Waals surface area contributed by atoms with Gasteiger partial charge in [-0.1, -0.05) is 415 Å². The van der Waals surface area contributed by atoms with Gasteiger partial charge in [0.15, 0.2) is 0 Å². The van der Waals surface area contributed by atoms with Crippen LogP contribution in [0.5, 0.6) is 0 Å². The van der Waals surface area contributed by atoms with Gasteiger partial charge >= 0.3 is 0 Å². The van der Waals surface area contributed by atoms with E-state index in [4.69, 9.17) is 0 Å². The van der Waals surface area contributed by atoms with E-state index >= 15 is 0 Å². The monoisotopic (exact) mass is 1200 g/mol. The van der Waals surface area contributed by atoms with Crippen molar-refractivity contribution in [3.05, 3.63) is 265 Å². The molecule has 0 heterocycles. The van der Waals surface area contributed by atoms with E-state index in [1.54, 1.807) is 0 Å². The quantitative estimate of drug-likeness (QED) is 0.0952. The van der Waals surface area contributed by atoms with Gasteiger partial charge < -0.3 is 0 Å². The van der Waals surface area contributed by atoms with Gasteiger partial charge in [-0.05, 0) is 112 Å². The molecule has 0 fully saturated rings. The average Bonchev–Trinajstić information content (AvgIpc) is 3.00. The lowest BCUT2D eigenvalue weighted by Gasteiger charge is -2.20. The Morgan fingerprint density at radius 2 is 0.405 bits per heavy atom. The summed E-state index contributed by atoms with van der Waals surface area (Å²) in [4.78, 5) is 0. The minimum atomic E-state index is 0.748. The molecule has 0 spiro atoms. The lowest BCUT2D eigenvalue weighted by atomic mass is 9.88. The van der Waals surface area contributed by atoms with Crippen molar-refractivity contribution in [3.8, 4) is 22.3 Å². The molecule has 0 aliphatic carbocycles. The molecule has 0 saturated heterocycles. The van der Waals surface area contributed by atoms with E-state index < -0.39 is 0 Å². The molecule has 10 aromatic rings. The Balaban J connectivity index is 0. The Labute approximate surface area is 524 Å². The maximum atomic E-state index is 2.37. The van der Waals surface area contributed by atoms with E-state index in [9.17, 15) is 0 Å². The van der Waals surface area contributed by atoms with E-state index in [1.807, 2.05) is 138 Å². The number of hydrogen-bond acceptors (Lipinski definition) is 0. The van der Waals surface area contributed by atoms with Gasteiger partial charge in [0.2, 0.25) is 0 Å². The van der Waals surface area contributed by atoms with Crippen molar-refractivity contribution in [2.45, 2.75) is 163 Å². The SMILES string of the molecule is CC.CC.CC.CC.CC.CC.CC.CC.CC.CC.c1ccc(PCc2ccc3ccccc3c2-c2c(CPc3ccccc3)ccc3ccccc23)cc1.c1ccc(PCc2ccccc2-c2ccccc2CPc2ccccc2)cc1. The molecule has 0 bridgehead atoms. The van der Waals surface area contributed by atoms with Gasteiger partial charge in [0.25, 0.3) is 0 Å². The van der Waals surface area contributed by atoms with Crippen molar-refractivity contribution >= 4 is 77.1 Å². The zero-order chi connectivity index (χ0) is 63.2. The molecule has 0 amide bonds. The summed E-state index contributed by atoms with van der Waals surface area (Å²) in [7, 11) is 3.10. The van der Waals surface area contributed by atoms with Crippen molar-refractivity contribution in [1.29, 1.82) is 0 Å². The van der Waals surface area contributed by atoms with Crippen LogP contribution in [0.2, 0.25) is 0 Å². The fourth-order valence-electron chi connectivity index (χ4n) is 8.41. The highest BCUT2D eigenvalue weighted by molar-refractivity contribution is 7.47. The summed E-state index contributed by atoms with van der Waals surface area (Å²) in [5, 5.41) is 11.0. The van der Waals surface area contributed by atoms with E-state index in [2.05, 4.69) is 243 Å². The fraction of sp³-hybridized carbons (Fsp3) is 0.300. The molecule has 4 atom stereocenters. The summed E-state index contributed by atoms with van der Waals surface area (Å²) < 4.78 is 0. The second-order valence-corrected chi connectivity index (χ2v) is 21.0. The van der Waals surface area contributed by atoms with Gasteiger partial charge in [0.05, 0.1) is 0 Å². The summed E-state index contributed by atoms with van der Waals surface area (Å²) in [5.41, 5.74) is 11.4. The summed E-state index contributed by atoms with van der Waals surface area (Å²) >= 11 is 0. The highest BCUT2D eigenvalue weighted by Gasteiger charge is 2.17. The van der Waals surface area contributed by atoms with Crippen LogP contribution in [-0.2, 0) is 24.6 Å². The molecule has 84 heavy (non-hydrogen) atoms. The molecule has 452 valence electrons. The maximum Gasteiger partial charge on any atom is -0.00538 e. The normalized spacial score (nSPS) is 9.67. The van der Waals surface area contributed by atoms with Crippen molar-refractivity contribution in [2.75, 3.05) is 0 Å². The Morgan fingerprint density at radius 3 is 0.679 bits per heavy atom. The molecule has 0 aliphatic heterocycles. The van der Waals surface area contributed by atoms with Crippen LogP contribution in [0.4, 0.5) is 0 Å². The predicted molar refractivity (Wildman–Crippen MR) is 405 cm³/mol. The maximum absolute atomic E-state index is 2.37. The van der Waals surface area contributed by atoms with Gasteiger partial charge in [-0.2, -0.15) is 0 Å². The lowest BCUT2D eigenvalue weighted by molar-refractivity contribution is 1.36. The zero-order valence-corrected chi connectivity index (χ0v) is 59.9. The minimum Gasteiger partial charge on any atom is -0.0859 e. The average molecular weight is 1200 g/mol. The third kappa shape index (κ3) is 28.1.